The molecule has 0 spiro atoms. The quantitative estimate of drug-likeness (QED) is 0.372. The average Bonchev–Trinajstić information content (AvgIpc) is 2.65. The van der Waals surface area contributed by atoms with Gasteiger partial charge in [0.05, 0.1) is 0 Å². The van der Waals surface area contributed by atoms with Crippen molar-refractivity contribution in [1.29, 1.82) is 0 Å². The average molecular weight is 459 g/mol. The van der Waals surface area contributed by atoms with E-state index in [-0.39, 0.29) is 0 Å². The predicted octanol–water partition coefficient (Wildman–Crippen LogP) is 8.19. The molecule has 3 aromatic rings. The lowest BCUT2D eigenvalue weighted by Crippen LogP contribution is -2.09. The summed E-state index contributed by atoms with van der Waals surface area (Å²) >= 11 is 7.05. The summed E-state index contributed by atoms with van der Waals surface area (Å²) in [5, 5.41) is 0. The molecule has 3 aromatic carbocycles. The highest BCUT2D eigenvalue weighted by molar-refractivity contribution is 9.10. The molecule has 0 unspecified atom stereocenters. The monoisotopic (exact) mass is 457 g/mol. The van der Waals surface area contributed by atoms with Crippen molar-refractivity contribution in [3.63, 3.8) is 0 Å². The highest BCUT2D eigenvalue weighted by Gasteiger charge is 2.13. The second kappa shape index (κ2) is 8.20. The van der Waals surface area contributed by atoms with Gasteiger partial charge in [-0.2, -0.15) is 0 Å². The van der Waals surface area contributed by atoms with Crippen molar-refractivity contribution in [2.45, 2.75) is 26.2 Å². The first kappa shape index (κ1) is 18.2. The van der Waals surface area contributed by atoms with E-state index in [0.717, 1.165) is 32.4 Å². The summed E-state index contributed by atoms with van der Waals surface area (Å²) < 4.78 is 2.17. The Hall–Kier alpha value is -1.58. The molecule has 0 saturated carbocycles. The van der Waals surface area contributed by atoms with Crippen molar-refractivity contribution in [3.05, 3.63) is 87.3 Å². The number of rotatable bonds is 5. The van der Waals surface area contributed by atoms with Crippen LogP contribution in [-0.4, -0.2) is 0 Å². The van der Waals surface area contributed by atoms with E-state index in [1.165, 1.54) is 5.56 Å². The van der Waals surface area contributed by atoms with Gasteiger partial charge < -0.3 is 4.90 Å². The first-order valence-electron chi connectivity index (χ1n) is 8.49. The molecule has 0 saturated heterocycles. The van der Waals surface area contributed by atoms with Crippen molar-refractivity contribution in [2.24, 2.45) is 0 Å². The van der Waals surface area contributed by atoms with E-state index in [1.807, 2.05) is 0 Å². The van der Waals surface area contributed by atoms with Crippen molar-refractivity contribution in [1.82, 2.24) is 0 Å². The van der Waals surface area contributed by atoms with Crippen molar-refractivity contribution < 1.29 is 0 Å². The molecule has 3 heteroatoms. The molecule has 0 fully saturated rings. The van der Waals surface area contributed by atoms with Crippen LogP contribution in [-0.2, 0) is 0 Å². The molecule has 0 amide bonds. The molecule has 0 heterocycles. The number of nitrogens with zero attached hydrogens (tertiary/aromatic N) is 1. The van der Waals surface area contributed by atoms with E-state index >= 15 is 0 Å². The Labute approximate surface area is 167 Å². The Morgan fingerprint density at radius 1 is 0.680 bits per heavy atom. The third-order valence-electron chi connectivity index (χ3n) is 4.50. The van der Waals surface area contributed by atoms with E-state index in [0.29, 0.717) is 5.92 Å². The molecule has 3 rings (SSSR count). The van der Waals surface area contributed by atoms with E-state index in [2.05, 4.69) is 123 Å². The van der Waals surface area contributed by atoms with Crippen LogP contribution in [0.2, 0.25) is 0 Å². The molecular weight excluding hydrogens is 438 g/mol. The molecule has 25 heavy (non-hydrogen) atoms. The molecule has 128 valence electrons. The Kier molecular flexibility index (Phi) is 5.98. The fourth-order valence-corrected chi connectivity index (χ4v) is 3.34. The van der Waals surface area contributed by atoms with Crippen molar-refractivity contribution in [3.8, 4) is 0 Å². The van der Waals surface area contributed by atoms with Gasteiger partial charge in [0.1, 0.15) is 0 Å². The van der Waals surface area contributed by atoms with Crippen LogP contribution in [0.5, 0.6) is 0 Å². The molecule has 0 aliphatic rings. The highest BCUT2D eigenvalue weighted by Crippen LogP contribution is 2.36. The summed E-state index contributed by atoms with van der Waals surface area (Å²) in [5.41, 5.74) is 4.83. The smallest absolute Gasteiger partial charge is 0.0462 e. The lowest BCUT2D eigenvalue weighted by atomic mass is 9.98. The molecule has 0 aromatic heterocycles. The van der Waals surface area contributed by atoms with Gasteiger partial charge in [-0.25, -0.2) is 0 Å². The minimum Gasteiger partial charge on any atom is -0.311 e. The molecular formula is C22H21Br2N. The van der Waals surface area contributed by atoms with Crippen molar-refractivity contribution in [2.75, 3.05) is 4.90 Å². The number of benzene rings is 3. The van der Waals surface area contributed by atoms with Gasteiger partial charge >= 0.3 is 0 Å². The first-order valence-corrected chi connectivity index (χ1v) is 10.1. The fraction of sp³-hybridized carbons (Fsp3) is 0.182. The summed E-state index contributed by atoms with van der Waals surface area (Å²) in [6.45, 7) is 4.50. The Balaban J connectivity index is 2.04. The van der Waals surface area contributed by atoms with E-state index in [9.17, 15) is 0 Å². The van der Waals surface area contributed by atoms with Gasteiger partial charge in [-0.05, 0) is 78.6 Å². The summed E-state index contributed by atoms with van der Waals surface area (Å²) in [5.74, 6) is 0.586. The topological polar surface area (TPSA) is 3.24 Å². The molecule has 0 radical (unpaired) electrons. The Morgan fingerprint density at radius 3 is 1.40 bits per heavy atom. The van der Waals surface area contributed by atoms with Crippen LogP contribution >= 0.6 is 31.9 Å². The second-order valence-corrected chi connectivity index (χ2v) is 8.02. The normalized spacial score (nSPS) is 12.0. The number of halogens is 2. The summed E-state index contributed by atoms with van der Waals surface area (Å²) in [7, 11) is 0. The zero-order valence-corrected chi connectivity index (χ0v) is 17.6. The predicted molar refractivity (Wildman–Crippen MR) is 115 cm³/mol. The fourth-order valence-electron chi connectivity index (χ4n) is 2.82. The zero-order valence-electron chi connectivity index (χ0n) is 14.4. The number of hydrogen-bond donors (Lipinski definition) is 0. The molecule has 0 aliphatic carbocycles. The van der Waals surface area contributed by atoms with Gasteiger partial charge in [0, 0.05) is 26.0 Å². The van der Waals surface area contributed by atoms with Crippen LogP contribution in [0.15, 0.2) is 81.7 Å². The van der Waals surface area contributed by atoms with Crippen LogP contribution in [0, 0.1) is 0 Å². The van der Waals surface area contributed by atoms with Crippen LogP contribution < -0.4 is 4.90 Å². The lowest BCUT2D eigenvalue weighted by Gasteiger charge is -2.26. The largest absolute Gasteiger partial charge is 0.311 e. The molecule has 0 N–H and O–H groups in total. The zero-order chi connectivity index (χ0) is 17.8. The maximum absolute atomic E-state index is 3.53. The van der Waals surface area contributed by atoms with Crippen molar-refractivity contribution >= 4 is 48.9 Å². The molecule has 1 atom stereocenters. The van der Waals surface area contributed by atoms with Gasteiger partial charge in [-0.1, -0.05) is 57.8 Å². The van der Waals surface area contributed by atoms with Gasteiger partial charge in [0.15, 0.2) is 0 Å². The maximum Gasteiger partial charge on any atom is 0.0462 e. The first-order chi connectivity index (χ1) is 12.1. The van der Waals surface area contributed by atoms with E-state index in [1.54, 1.807) is 0 Å². The van der Waals surface area contributed by atoms with Crippen LogP contribution in [0.25, 0.3) is 0 Å². The number of anilines is 3. The summed E-state index contributed by atoms with van der Waals surface area (Å²) in [6.07, 6.45) is 1.16. The standard InChI is InChI=1S/C22H21Br2N/c1-3-16(2)17-4-10-20(11-5-17)25(21-12-6-18(23)7-13-21)22-14-8-19(24)9-15-22/h4-16H,3H2,1-2H3/t16-/m0/s1. The number of hydrogen-bond acceptors (Lipinski definition) is 1. The minimum absolute atomic E-state index is 0.586. The summed E-state index contributed by atoms with van der Waals surface area (Å²) in [4.78, 5) is 2.28. The SMILES string of the molecule is CC[C@H](C)c1ccc(N(c2ccc(Br)cc2)c2ccc(Br)cc2)cc1. The second-order valence-electron chi connectivity index (χ2n) is 6.19. The summed E-state index contributed by atoms with van der Waals surface area (Å²) in [6, 6.07) is 25.8. The van der Waals surface area contributed by atoms with Crippen LogP contribution in [0.1, 0.15) is 31.7 Å². The Bertz CT molecular complexity index is 763. The van der Waals surface area contributed by atoms with Crippen LogP contribution in [0.3, 0.4) is 0 Å². The molecule has 0 aliphatic heterocycles. The van der Waals surface area contributed by atoms with Gasteiger partial charge in [0.25, 0.3) is 0 Å². The third-order valence-corrected chi connectivity index (χ3v) is 5.56. The Morgan fingerprint density at radius 2 is 1.04 bits per heavy atom. The van der Waals surface area contributed by atoms with Gasteiger partial charge in [-0.3, -0.25) is 0 Å². The van der Waals surface area contributed by atoms with E-state index < -0.39 is 0 Å². The highest BCUT2D eigenvalue weighted by atomic mass is 79.9. The van der Waals surface area contributed by atoms with Gasteiger partial charge in [0.2, 0.25) is 0 Å². The van der Waals surface area contributed by atoms with E-state index in [4.69, 9.17) is 0 Å². The third kappa shape index (κ3) is 4.34. The molecule has 1 nitrogen and oxygen atoms in total. The molecule has 0 bridgehead atoms. The lowest BCUT2D eigenvalue weighted by molar-refractivity contribution is 0.733. The van der Waals surface area contributed by atoms with Gasteiger partial charge in [-0.15, -0.1) is 0 Å². The minimum atomic E-state index is 0.586. The maximum atomic E-state index is 3.53. The van der Waals surface area contributed by atoms with Crippen LogP contribution in [0.4, 0.5) is 17.1 Å².